The Bertz CT molecular complexity index is 299. The number of hydrogen-bond acceptors (Lipinski definition) is 1. The third kappa shape index (κ3) is 2.17. The molecule has 0 heterocycles. The molecule has 1 nitrogen and oxygen atoms in total. The standard InChI is InChI=1S/C9H9ClF2O/c1-9(13,8(11)12)6-3-2-4-7(10)5-6/h2-5,8,13H,1H3. The summed E-state index contributed by atoms with van der Waals surface area (Å²) in [7, 11) is 0. The molecule has 0 aliphatic rings. The minimum Gasteiger partial charge on any atom is -0.379 e. The lowest BCUT2D eigenvalue weighted by Crippen LogP contribution is -2.30. The maximum atomic E-state index is 12.3. The molecule has 1 rings (SSSR count). The Morgan fingerprint density at radius 1 is 1.46 bits per heavy atom. The van der Waals surface area contributed by atoms with Gasteiger partial charge in [-0.1, -0.05) is 23.7 Å². The molecular formula is C9H9ClF2O. The van der Waals surface area contributed by atoms with Crippen molar-refractivity contribution < 1.29 is 13.9 Å². The number of halogens is 3. The van der Waals surface area contributed by atoms with E-state index in [0.717, 1.165) is 6.92 Å². The second-order valence-corrected chi connectivity index (χ2v) is 3.40. The molecule has 0 spiro atoms. The van der Waals surface area contributed by atoms with Gasteiger partial charge in [-0.3, -0.25) is 0 Å². The van der Waals surface area contributed by atoms with E-state index in [0.29, 0.717) is 5.02 Å². The summed E-state index contributed by atoms with van der Waals surface area (Å²) >= 11 is 5.60. The summed E-state index contributed by atoms with van der Waals surface area (Å²) in [5.74, 6) is 0. The average molecular weight is 207 g/mol. The maximum absolute atomic E-state index is 12.3. The molecule has 0 bridgehead atoms. The number of aliphatic hydroxyl groups is 1. The van der Waals surface area contributed by atoms with Crippen molar-refractivity contribution >= 4 is 11.6 Å². The highest BCUT2D eigenvalue weighted by Crippen LogP contribution is 2.29. The molecule has 0 fully saturated rings. The van der Waals surface area contributed by atoms with Crippen LogP contribution in [0.15, 0.2) is 24.3 Å². The van der Waals surface area contributed by atoms with E-state index >= 15 is 0 Å². The van der Waals surface area contributed by atoms with Gasteiger partial charge in [-0.15, -0.1) is 0 Å². The highest BCUT2D eigenvalue weighted by atomic mass is 35.5. The van der Waals surface area contributed by atoms with Crippen LogP contribution in [0.25, 0.3) is 0 Å². The number of benzene rings is 1. The molecule has 1 aromatic carbocycles. The van der Waals surface area contributed by atoms with Crippen LogP contribution < -0.4 is 0 Å². The minimum absolute atomic E-state index is 0.120. The fourth-order valence-corrected chi connectivity index (χ4v) is 1.12. The molecule has 0 amide bonds. The van der Waals surface area contributed by atoms with E-state index in [2.05, 4.69) is 0 Å². The van der Waals surface area contributed by atoms with Crippen molar-refractivity contribution in [3.05, 3.63) is 34.9 Å². The molecule has 4 heteroatoms. The summed E-state index contributed by atoms with van der Waals surface area (Å²) in [6, 6.07) is 5.83. The van der Waals surface area contributed by atoms with Gasteiger partial charge >= 0.3 is 0 Å². The van der Waals surface area contributed by atoms with Crippen molar-refractivity contribution in [2.75, 3.05) is 0 Å². The molecule has 1 unspecified atom stereocenters. The second-order valence-electron chi connectivity index (χ2n) is 2.96. The van der Waals surface area contributed by atoms with Crippen LogP contribution in [0, 0.1) is 0 Å². The molecule has 1 N–H and O–H groups in total. The monoisotopic (exact) mass is 206 g/mol. The van der Waals surface area contributed by atoms with Crippen LogP contribution in [-0.2, 0) is 5.60 Å². The van der Waals surface area contributed by atoms with Crippen LogP contribution in [-0.4, -0.2) is 11.5 Å². The molecule has 0 saturated heterocycles. The fourth-order valence-electron chi connectivity index (χ4n) is 0.929. The Hall–Kier alpha value is -0.670. The van der Waals surface area contributed by atoms with Gasteiger partial charge in [-0.05, 0) is 24.6 Å². The summed E-state index contributed by atoms with van der Waals surface area (Å²) in [5.41, 5.74) is -2.01. The summed E-state index contributed by atoms with van der Waals surface area (Å²) in [5, 5.41) is 9.71. The second kappa shape index (κ2) is 3.60. The van der Waals surface area contributed by atoms with Crippen LogP contribution in [0.3, 0.4) is 0 Å². The van der Waals surface area contributed by atoms with Gasteiger partial charge in [0.05, 0.1) is 0 Å². The molecule has 0 aliphatic carbocycles. The van der Waals surface area contributed by atoms with E-state index in [1.807, 2.05) is 0 Å². The van der Waals surface area contributed by atoms with Crippen molar-refractivity contribution in [1.29, 1.82) is 0 Å². The topological polar surface area (TPSA) is 20.2 Å². The molecule has 0 aliphatic heterocycles. The van der Waals surface area contributed by atoms with E-state index < -0.39 is 12.0 Å². The smallest absolute Gasteiger partial charge is 0.270 e. The summed E-state index contributed by atoms with van der Waals surface area (Å²) in [6.45, 7) is 1.06. The maximum Gasteiger partial charge on any atom is 0.270 e. The first-order valence-corrected chi connectivity index (χ1v) is 4.09. The molecular weight excluding hydrogens is 198 g/mol. The van der Waals surface area contributed by atoms with E-state index in [1.165, 1.54) is 18.2 Å². The molecule has 72 valence electrons. The molecule has 0 radical (unpaired) electrons. The van der Waals surface area contributed by atoms with Crippen molar-refractivity contribution in [2.24, 2.45) is 0 Å². The molecule has 1 aromatic rings. The number of alkyl halides is 2. The summed E-state index contributed by atoms with van der Waals surface area (Å²) in [4.78, 5) is 0. The Balaban J connectivity index is 3.07. The number of rotatable bonds is 2. The van der Waals surface area contributed by atoms with Crippen LogP contribution in [0.5, 0.6) is 0 Å². The lowest BCUT2D eigenvalue weighted by Gasteiger charge is -2.22. The summed E-state index contributed by atoms with van der Waals surface area (Å²) < 4.78 is 24.7. The van der Waals surface area contributed by atoms with Crippen molar-refractivity contribution in [3.63, 3.8) is 0 Å². The Morgan fingerprint density at radius 2 is 2.08 bits per heavy atom. The zero-order chi connectivity index (χ0) is 10.1. The first-order chi connectivity index (χ1) is 5.94. The van der Waals surface area contributed by atoms with Crippen molar-refractivity contribution in [3.8, 4) is 0 Å². The first-order valence-electron chi connectivity index (χ1n) is 3.71. The van der Waals surface area contributed by atoms with E-state index in [1.54, 1.807) is 6.07 Å². The van der Waals surface area contributed by atoms with Gasteiger partial charge in [0.2, 0.25) is 0 Å². The third-order valence-electron chi connectivity index (χ3n) is 1.83. The minimum atomic E-state index is -2.83. The molecule has 0 saturated carbocycles. The van der Waals surface area contributed by atoms with Gasteiger partial charge in [0.1, 0.15) is 5.60 Å². The van der Waals surface area contributed by atoms with Crippen molar-refractivity contribution in [1.82, 2.24) is 0 Å². The molecule has 1 atom stereocenters. The van der Waals surface area contributed by atoms with Gasteiger partial charge < -0.3 is 5.11 Å². The first kappa shape index (κ1) is 10.4. The fraction of sp³-hybridized carbons (Fsp3) is 0.333. The number of hydrogen-bond donors (Lipinski definition) is 1. The molecule has 0 aromatic heterocycles. The third-order valence-corrected chi connectivity index (χ3v) is 2.07. The van der Waals surface area contributed by atoms with Gasteiger partial charge in [-0.2, -0.15) is 0 Å². The normalized spacial score (nSPS) is 15.8. The lowest BCUT2D eigenvalue weighted by atomic mass is 9.97. The Morgan fingerprint density at radius 3 is 2.54 bits per heavy atom. The SMILES string of the molecule is CC(O)(c1cccc(Cl)c1)C(F)F. The highest BCUT2D eigenvalue weighted by molar-refractivity contribution is 6.30. The van der Waals surface area contributed by atoms with Crippen LogP contribution in [0.4, 0.5) is 8.78 Å². The van der Waals surface area contributed by atoms with Gasteiger partial charge in [0, 0.05) is 5.02 Å². The van der Waals surface area contributed by atoms with Crippen LogP contribution >= 0.6 is 11.6 Å². The highest BCUT2D eigenvalue weighted by Gasteiger charge is 2.34. The van der Waals surface area contributed by atoms with E-state index in [4.69, 9.17) is 11.6 Å². The van der Waals surface area contributed by atoms with Crippen molar-refractivity contribution in [2.45, 2.75) is 19.0 Å². The van der Waals surface area contributed by atoms with Crippen LogP contribution in [0.1, 0.15) is 12.5 Å². The lowest BCUT2D eigenvalue weighted by molar-refractivity contribution is -0.0883. The predicted molar refractivity (Wildman–Crippen MR) is 47.0 cm³/mol. The van der Waals surface area contributed by atoms with E-state index in [9.17, 15) is 13.9 Å². The Labute approximate surface area is 80.0 Å². The van der Waals surface area contributed by atoms with E-state index in [-0.39, 0.29) is 5.56 Å². The Kier molecular flexibility index (Phi) is 2.88. The quantitative estimate of drug-likeness (QED) is 0.789. The average Bonchev–Trinajstić information content (AvgIpc) is 2.04. The van der Waals surface area contributed by atoms with Gasteiger partial charge in [0.25, 0.3) is 6.43 Å². The predicted octanol–water partition coefficient (Wildman–Crippen LogP) is 2.81. The largest absolute Gasteiger partial charge is 0.379 e. The molecule has 13 heavy (non-hydrogen) atoms. The van der Waals surface area contributed by atoms with Gasteiger partial charge in [-0.25, -0.2) is 8.78 Å². The van der Waals surface area contributed by atoms with Crippen LogP contribution in [0.2, 0.25) is 5.02 Å². The van der Waals surface area contributed by atoms with Gasteiger partial charge in [0.15, 0.2) is 0 Å². The summed E-state index contributed by atoms with van der Waals surface area (Å²) in [6.07, 6.45) is -2.83. The zero-order valence-electron chi connectivity index (χ0n) is 6.97. The zero-order valence-corrected chi connectivity index (χ0v) is 7.72.